The lowest BCUT2D eigenvalue weighted by molar-refractivity contribution is -0.166. The third kappa shape index (κ3) is 10.2. The predicted octanol–water partition coefficient (Wildman–Crippen LogP) is 8.01. The van der Waals surface area contributed by atoms with Gasteiger partial charge < -0.3 is 18.9 Å². The molecule has 5 rings (SSSR count). The summed E-state index contributed by atoms with van der Waals surface area (Å²) in [6.45, 7) is 34.1. The smallest absolute Gasteiger partial charge is 0.338 e. The van der Waals surface area contributed by atoms with Crippen molar-refractivity contribution in [2.24, 2.45) is 5.92 Å². The fourth-order valence-electron chi connectivity index (χ4n) is 11.9. The molecule has 4 fully saturated rings. The van der Waals surface area contributed by atoms with Gasteiger partial charge in [0, 0.05) is 95.7 Å². The average molecular weight is 869 g/mol. The van der Waals surface area contributed by atoms with E-state index in [1.807, 2.05) is 0 Å². The number of rotatable bonds is 8. The third-order valence-corrected chi connectivity index (χ3v) is 16.6. The van der Waals surface area contributed by atoms with Crippen molar-refractivity contribution in [2.75, 3.05) is 28.2 Å². The van der Waals surface area contributed by atoms with Crippen molar-refractivity contribution in [1.29, 1.82) is 0 Å². The van der Waals surface area contributed by atoms with E-state index in [0.717, 1.165) is 0 Å². The summed E-state index contributed by atoms with van der Waals surface area (Å²) < 4.78 is 25.5. The van der Waals surface area contributed by atoms with Crippen LogP contribution in [0.4, 0.5) is 0 Å². The number of likely N-dealkylation sites (tertiary alicyclic amines) is 4. The molecule has 12 nitrogen and oxygen atoms in total. The molecule has 0 spiro atoms. The number of carbonyl (C=O) groups is 4. The molecule has 1 aliphatic carbocycles. The molecule has 0 aromatic carbocycles. The van der Waals surface area contributed by atoms with Gasteiger partial charge in [0.15, 0.2) is 0 Å². The largest absolute Gasteiger partial charge is 0.462 e. The van der Waals surface area contributed by atoms with E-state index < -0.39 is 54.2 Å². The van der Waals surface area contributed by atoms with Gasteiger partial charge in [-0.3, -0.25) is 24.4 Å². The second-order valence-corrected chi connectivity index (χ2v) is 24.8. The first-order chi connectivity index (χ1) is 27.9. The first kappa shape index (κ1) is 50.2. The lowest BCUT2D eigenvalue weighted by Gasteiger charge is -2.53. The minimum Gasteiger partial charge on any atom is -0.462 e. The van der Waals surface area contributed by atoms with E-state index in [2.05, 4.69) is 159 Å². The van der Waals surface area contributed by atoms with Gasteiger partial charge >= 0.3 is 23.9 Å². The van der Waals surface area contributed by atoms with Gasteiger partial charge in [0.05, 0.1) is 22.6 Å². The van der Waals surface area contributed by atoms with Gasteiger partial charge in [-0.2, -0.15) is 0 Å². The molecule has 0 aromatic rings. The molecule has 0 N–H and O–H groups in total. The molecule has 0 radical (unpaired) electrons. The standard InChI is InChI=1S/C50H84N4O8/c1-43(2)23-31(24-44(3,4)51(43)17)59-39(55)35-21-37(41(57)61-33-27-47(9,10)53(19)48(11,12)28-33)38(42(58)62-34-29-49(13,14)54(20)50(15,16)30-34)22-36(35)40(56)60-32-25-45(5,6)52(18)46(7,8)26-32/h21,31-34,36H,22-30H2,1-20H3. The zero-order valence-electron chi connectivity index (χ0n) is 42.4. The first-order valence-corrected chi connectivity index (χ1v) is 23.2. The van der Waals surface area contributed by atoms with Gasteiger partial charge in [0.1, 0.15) is 24.4 Å². The Hall–Kier alpha value is -2.80. The summed E-state index contributed by atoms with van der Waals surface area (Å²) in [5.41, 5.74) is -2.30. The molecule has 4 aliphatic heterocycles. The lowest BCUT2D eigenvalue weighted by atomic mass is 9.78. The monoisotopic (exact) mass is 869 g/mol. The molecular formula is C50H84N4O8. The maximum Gasteiger partial charge on any atom is 0.338 e. The van der Waals surface area contributed by atoms with Crippen LogP contribution in [0, 0.1) is 5.92 Å². The summed E-state index contributed by atoms with van der Waals surface area (Å²) >= 11 is 0. The Morgan fingerprint density at radius 3 is 0.984 bits per heavy atom. The number of carbonyl (C=O) groups excluding carboxylic acids is 4. The number of ether oxygens (including phenoxy) is 4. The molecule has 12 heteroatoms. The molecule has 0 aromatic heterocycles. The number of hydrogen-bond donors (Lipinski definition) is 0. The number of esters is 4. The first-order valence-electron chi connectivity index (χ1n) is 23.2. The summed E-state index contributed by atoms with van der Waals surface area (Å²) in [6, 6.07) is 0. The summed E-state index contributed by atoms with van der Waals surface area (Å²) in [6.07, 6.45) is 3.93. The topological polar surface area (TPSA) is 118 Å². The van der Waals surface area contributed by atoms with E-state index >= 15 is 0 Å². The van der Waals surface area contributed by atoms with Gasteiger partial charge in [0.25, 0.3) is 0 Å². The third-order valence-electron chi connectivity index (χ3n) is 16.6. The van der Waals surface area contributed by atoms with E-state index in [-0.39, 0.29) is 67.5 Å². The zero-order valence-corrected chi connectivity index (χ0v) is 42.4. The highest BCUT2D eigenvalue weighted by Crippen LogP contribution is 2.44. The Kier molecular flexibility index (Phi) is 13.4. The second-order valence-electron chi connectivity index (χ2n) is 24.8. The van der Waals surface area contributed by atoms with Crippen molar-refractivity contribution in [2.45, 2.75) is 237 Å². The van der Waals surface area contributed by atoms with Gasteiger partial charge in [-0.25, -0.2) is 14.4 Å². The molecule has 0 saturated carbocycles. The van der Waals surface area contributed by atoms with Crippen LogP contribution in [0.2, 0.25) is 0 Å². The maximum atomic E-state index is 14.8. The number of hydrogen-bond acceptors (Lipinski definition) is 12. The van der Waals surface area contributed by atoms with E-state index in [0.29, 0.717) is 51.4 Å². The highest BCUT2D eigenvalue weighted by atomic mass is 16.6. The lowest BCUT2D eigenvalue weighted by Crippen LogP contribution is -2.60. The minimum absolute atomic E-state index is 0.00918. The molecule has 0 bridgehead atoms. The van der Waals surface area contributed by atoms with E-state index in [1.54, 1.807) is 0 Å². The summed E-state index contributed by atoms with van der Waals surface area (Å²) in [7, 11) is 8.35. The van der Waals surface area contributed by atoms with Gasteiger partial charge in [-0.1, -0.05) is 0 Å². The van der Waals surface area contributed by atoms with Crippen LogP contribution in [0.5, 0.6) is 0 Å². The van der Waals surface area contributed by atoms with Crippen molar-refractivity contribution in [3.8, 4) is 0 Å². The quantitative estimate of drug-likeness (QED) is 0.174. The summed E-state index contributed by atoms with van der Waals surface area (Å²) in [5.74, 6) is -3.96. The SMILES string of the molecule is CN1C(C)(C)CC(OC(=O)C2=CC(C(=O)OC3CC(C)(C)N(C)C(C)(C)C3)=C(C(=O)OC3CC(C)(C)N(C)C(C)(C)C3)CC2C(=O)OC2CC(C)(C)N(C)C(C)(C)C2)CC1(C)C. The van der Waals surface area contributed by atoms with E-state index in [9.17, 15) is 19.2 Å². The molecule has 1 atom stereocenters. The summed E-state index contributed by atoms with van der Waals surface area (Å²) in [5, 5.41) is 0. The normalized spacial score (nSPS) is 29.4. The van der Waals surface area contributed by atoms with Crippen LogP contribution in [-0.4, -0.2) is 140 Å². The van der Waals surface area contributed by atoms with Crippen LogP contribution in [0.15, 0.2) is 22.8 Å². The molecule has 4 saturated heterocycles. The van der Waals surface area contributed by atoms with Gasteiger partial charge in [0.2, 0.25) is 0 Å². The van der Waals surface area contributed by atoms with Crippen LogP contribution < -0.4 is 0 Å². The van der Waals surface area contributed by atoms with Gasteiger partial charge in [-0.05, 0) is 151 Å². The van der Waals surface area contributed by atoms with Crippen molar-refractivity contribution < 1.29 is 38.1 Å². The Labute approximate surface area is 374 Å². The molecule has 0 amide bonds. The Bertz CT molecular complexity index is 1760. The van der Waals surface area contributed by atoms with Crippen LogP contribution in [0.25, 0.3) is 0 Å². The van der Waals surface area contributed by atoms with Crippen molar-refractivity contribution >= 4 is 23.9 Å². The Morgan fingerprint density at radius 1 is 0.419 bits per heavy atom. The van der Waals surface area contributed by atoms with E-state index in [4.69, 9.17) is 18.9 Å². The molecule has 1 unspecified atom stereocenters. The fourth-order valence-corrected chi connectivity index (χ4v) is 11.9. The highest BCUT2D eigenvalue weighted by Gasteiger charge is 2.51. The van der Waals surface area contributed by atoms with Crippen LogP contribution in [0.1, 0.15) is 169 Å². The van der Waals surface area contributed by atoms with Gasteiger partial charge in [-0.15, -0.1) is 0 Å². The highest BCUT2D eigenvalue weighted by molar-refractivity contribution is 6.07. The van der Waals surface area contributed by atoms with Crippen molar-refractivity contribution in [1.82, 2.24) is 19.6 Å². The van der Waals surface area contributed by atoms with Crippen LogP contribution in [0.3, 0.4) is 0 Å². The van der Waals surface area contributed by atoms with E-state index in [1.165, 1.54) is 6.08 Å². The predicted molar refractivity (Wildman–Crippen MR) is 243 cm³/mol. The van der Waals surface area contributed by atoms with Crippen molar-refractivity contribution in [3.63, 3.8) is 0 Å². The second kappa shape index (κ2) is 16.6. The van der Waals surface area contributed by atoms with Crippen LogP contribution in [-0.2, 0) is 38.1 Å². The molecule has 352 valence electrons. The Morgan fingerprint density at radius 2 is 0.677 bits per heavy atom. The summed E-state index contributed by atoms with van der Waals surface area (Å²) in [4.78, 5) is 68.2. The fraction of sp³-hybridized carbons (Fsp3) is 0.840. The Balaban J connectivity index is 1.58. The number of nitrogens with zero attached hydrogens (tertiary/aromatic N) is 4. The molecular weight excluding hydrogens is 785 g/mol. The number of piperidine rings is 4. The molecule has 5 aliphatic rings. The minimum atomic E-state index is -1.22. The molecule has 4 heterocycles. The van der Waals surface area contributed by atoms with Crippen LogP contribution >= 0.6 is 0 Å². The zero-order chi connectivity index (χ0) is 47.1. The van der Waals surface area contributed by atoms with Crippen molar-refractivity contribution in [3.05, 3.63) is 22.8 Å². The average Bonchev–Trinajstić information content (AvgIpc) is 3.09. The molecule has 62 heavy (non-hydrogen) atoms. The maximum absolute atomic E-state index is 14.8.